The molecule has 0 spiro atoms. The fraction of sp³-hybridized carbons (Fsp3) is 0.0769. The molecule has 2 nitrogen and oxygen atoms in total. The number of halogens is 2. The Morgan fingerprint density at radius 3 is 2.53 bits per heavy atom. The minimum Gasteiger partial charge on any atom is -0.508 e. The van der Waals surface area contributed by atoms with Gasteiger partial charge in [0.05, 0.1) is 10.7 Å². The Bertz CT molecular complexity index is 513. The molecule has 0 aliphatic rings. The number of hydrogen-bond acceptors (Lipinski definition) is 2. The lowest BCUT2D eigenvalue weighted by Gasteiger charge is -2.09. The molecule has 0 fully saturated rings. The van der Waals surface area contributed by atoms with Crippen molar-refractivity contribution in [1.29, 1.82) is 0 Å². The standard InChI is InChI=1S/C13H11BrClNO/c14-10-3-6-12(15)13(7-10)16-8-9-1-4-11(17)5-2-9/h1-7,16-17H,8H2. The number of hydrogen-bond donors (Lipinski definition) is 2. The molecule has 2 aromatic carbocycles. The van der Waals surface area contributed by atoms with Crippen molar-refractivity contribution in [3.63, 3.8) is 0 Å². The van der Waals surface area contributed by atoms with Crippen LogP contribution in [0.4, 0.5) is 5.69 Å². The van der Waals surface area contributed by atoms with Gasteiger partial charge in [0, 0.05) is 11.0 Å². The third kappa shape index (κ3) is 3.38. The van der Waals surface area contributed by atoms with E-state index >= 15 is 0 Å². The molecule has 0 saturated heterocycles. The molecule has 0 saturated carbocycles. The molecule has 0 atom stereocenters. The third-order valence-corrected chi connectivity index (χ3v) is 3.17. The van der Waals surface area contributed by atoms with Crippen LogP contribution < -0.4 is 5.32 Å². The SMILES string of the molecule is Oc1ccc(CNc2cc(Br)ccc2Cl)cc1. The minimum absolute atomic E-state index is 0.272. The van der Waals surface area contributed by atoms with Crippen LogP contribution in [0.5, 0.6) is 5.75 Å². The van der Waals surface area contributed by atoms with Crippen LogP contribution in [0.15, 0.2) is 46.9 Å². The van der Waals surface area contributed by atoms with Gasteiger partial charge in [-0.25, -0.2) is 0 Å². The number of anilines is 1. The van der Waals surface area contributed by atoms with Crippen molar-refractivity contribution in [3.05, 3.63) is 57.5 Å². The Morgan fingerprint density at radius 1 is 1.12 bits per heavy atom. The van der Waals surface area contributed by atoms with Crippen LogP contribution in [0.2, 0.25) is 5.02 Å². The molecule has 0 unspecified atom stereocenters. The zero-order chi connectivity index (χ0) is 12.3. The second-order valence-corrected chi connectivity index (χ2v) is 4.97. The first-order chi connectivity index (χ1) is 8.15. The van der Waals surface area contributed by atoms with Crippen LogP contribution >= 0.6 is 27.5 Å². The van der Waals surface area contributed by atoms with Gasteiger partial charge in [-0.1, -0.05) is 39.7 Å². The molecular weight excluding hydrogens is 302 g/mol. The number of phenolic OH excluding ortho intramolecular Hbond substituents is 1. The summed E-state index contributed by atoms with van der Waals surface area (Å²) in [6.45, 7) is 0.663. The second-order valence-electron chi connectivity index (χ2n) is 3.64. The molecule has 2 rings (SSSR count). The Morgan fingerprint density at radius 2 is 1.82 bits per heavy atom. The zero-order valence-corrected chi connectivity index (χ0v) is 11.3. The van der Waals surface area contributed by atoms with Gasteiger partial charge in [0.15, 0.2) is 0 Å². The summed E-state index contributed by atoms with van der Waals surface area (Å²) < 4.78 is 0.982. The number of benzene rings is 2. The van der Waals surface area contributed by atoms with Crippen molar-refractivity contribution in [3.8, 4) is 5.75 Å². The summed E-state index contributed by atoms with van der Waals surface area (Å²) in [6.07, 6.45) is 0. The summed E-state index contributed by atoms with van der Waals surface area (Å²) in [6, 6.07) is 12.7. The lowest BCUT2D eigenvalue weighted by atomic mass is 10.2. The molecule has 4 heteroatoms. The van der Waals surface area contributed by atoms with Crippen molar-refractivity contribution in [2.24, 2.45) is 0 Å². The Labute approximate surface area is 113 Å². The topological polar surface area (TPSA) is 32.3 Å². The molecule has 0 radical (unpaired) electrons. The number of aromatic hydroxyl groups is 1. The zero-order valence-electron chi connectivity index (χ0n) is 8.95. The molecule has 0 amide bonds. The second kappa shape index (κ2) is 5.43. The van der Waals surface area contributed by atoms with E-state index in [9.17, 15) is 5.11 Å². The maximum Gasteiger partial charge on any atom is 0.115 e. The summed E-state index contributed by atoms with van der Waals surface area (Å²) >= 11 is 9.46. The van der Waals surface area contributed by atoms with Gasteiger partial charge in [-0.05, 0) is 35.9 Å². The van der Waals surface area contributed by atoms with Gasteiger partial charge < -0.3 is 10.4 Å². The molecule has 17 heavy (non-hydrogen) atoms. The Hall–Kier alpha value is -1.19. The van der Waals surface area contributed by atoms with E-state index in [4.69, 9.17) is 11.6 Å². The highest BCUT2D eigenvalue weighted by atomic mass is 79.9. The van der Waals surface area contributed by atoms with Gasteiger partial charge in [0.25, 0.3) is 0 Å². The monoisotopic (exact) mass is 311 g/mol. The first-order valence-electron chi connectivity index (χ1n) is 5.12. The maximum atomic E-state index is 9.17. The van der Waals surface area contributed by atoms with E-state index in [-0.39, 0.29) is 5.75 Å². The molecule has 2 aromatic rings. The van der Waals surface area contributed by atoms with E-state index in [0.717, 1.165) is 15.7 Å². The average molecular weight is 313 g/mol. The van der Waals surface area contributed by atoms with Gasteiger partial charge in [-0.15, -0.1) is 0 Å². The van der Waals surface area contributed by atoms with Crippen molar-refractivity contribution in [2.75, 3.05) is 5.32 Å². The van der Waals surface area contributed by atoms with Crippen molar-refractivity contribution < 1.29 is 5.11 Å². The van der Waals surface area contributed by atoms with Gasteiger partial charge in [0.2, 0.25) is 0 Å². The highest BCUT2D eigenvalue weighted by molar-refractivity contribution is 9.10. The smallest absolute Gasteiger partial charge is 0.115 e. The fourth-order valence-corrected chi connectivity index (χ4v) is 1.99. The highest BCUT2D eigenvalue weighted by Gasteiger charge is 2.00. The first-order valence-corrected chi connectivity index (χ1v) is 6.29. The van der Waals surface area contributed by atoms with Crippen LogP contribution in [0.1, 0.15) is 5.56 Å². The largest absolute Gasteiger partial charge is 0.508 e. The van der Waals surface area contributed by atoms with E-state index in [1.807, 2.05) is 30.3 Å². The number of nitrogens with one attached hydrogen (secondary N) is 1. The molecule has 0 aliphatic carbocycles. The minimum atomic E-state index is 0.272. The molecule has 0 aromatic heterocycles. The van der Waals surface area contributed by atoms with Crippen LogP contribution in [0.25, 0.3) is 0 Å². The summed E-state index contributed by atoms with van der Waals surface area (Å²) in [5.74, 6) is 0.272. The molecule has 0 aliphatic heterocycles. The van der Waals surface area contributed by atoms with E-state index in [1.54, 1.807) is 12.1 Å². The predicted molar refractivity (Wildman–Crippen MR) is 74.6 cm³/mol. The van der Waals surface area contributed by atoms with Crippen molar-refractivity contribution in [2.45, 2.75) is 6.54 Å². The molecular formula is C13H11BrClNO. The van der Waals surface area contributed by atoms with E-state index in [0.29, 0.717) is 11.6 Å². The van der Waals surface area contributed by atoms with Gasteiger partial charge >= 0.3 is 0 Å². The predicted octanol–water partition coefficient (Wildman–Crippen LogP) is 4.42. The van der Waals surface area contributed by atoms with Crippen molar-refractivity contribution in [1.82, 2.24) is 0 Å². The highest BCUT2D eigenvalue weighted by Crippen LogP contribution is 2.26. The number of phenols is 1. The van der Waals surface area contributed by atoms with Crippen molar-refractivity contribution >= 4 is 33.2 Å². The fourth-order valence-electron chi connectivity index (χ4n) is 1.44. The van der Waals surface area contributed by atoms with Crippen LogP contribution in [-0.2, 0) is 6.54 Å². The normalized spacial score (nSPS) is 10.2. The van der Waals surface area contributed by atoms with Crippen LogP contribution in [0.3, 0.4) is 0 Å². The van der Waals surface area contributed by atoms with Gasteiger partial charge in [0.1, 0.15) is 5.75 Å². The lowest BCUT2D eigenvalue weighted by molar-refractivity contribution is 0.475. The lowest BCUT2D eigenvalue weighted by Crippen LogP contribution is -1.99. The third-order valence-electron chi connectivity index (χ3n) is 2.35. The van der Waals surface area contributed by atoms with Crippen LogP contribution in [0, 0.1) is 0 Å². The Balaban J connectivity index is 2.07. The first kappa shape index (κ1) is 12.3. The van der Waals surface area contributed by atoms with E-state index in [2.05, 4.69) is 21.2 Å². The maximum absolute atomic E-state index is 9.17. The summed E-state index contributed by atoms with van der Waals surface area (Å²) in [5, 5.41) is 13.1. The molecule has 2 N–H and O–H groups in total. The summed E-state index contributed by atoms with van der Waals surface area (Å²) in [5.41, 5.74) is 1.97. The van der Waals surface area contributed by atoms with E-state index < -0.39 is 0 Å². The molecule has 0 bridgehead atoms. The van der Waals surface area contributed by atoms with Gasteiger partial charge in [-0.2, -0.15) is 0 Å². The Kier molecular flexibility index (Phi) is 3.92. The van der Waals surface area contributed by atoms with E-state index in [1.165, 1.54) is 0 Å². The molecule has 0 heterocycles. The quantitative estimate of drug-likeness (QED) is 0.879. The average Bonchev–Trinajstić information content (AvgIpc) is 2.32. The molecule has 88 valence electrons. The van der Waals surface area contributed by atoms with Crippen LogP contribution in [-0.4, -0.2) is 5.11 Å². The number of rotatable bonds is 3. The van der Waals surface area contributed by atoms with Gasteiger partial charge in [-0.3, -0.25) is 0 Å². The summed E-state index contributed by atoms with van der Waals surface area (Å²) in [4.78, 5) is 0. The summed E-state index contributed by atoms with van der Waals surface area (Å²) in [7, 11) is 0.